The van der Waals surface area contributed by atoms with Gasteiger partial charge >= 0.3 is 0 Å². The maximum atomic E-state index is 13.6. The summed E-state index contributed by atoms with van der Waals surface area (Å²) < 4.78 is 18.7. The Labute approximate surface area is 106 Å². The first-order chi connectivity index (χ1) is 8.70. The van der Waals surface area contributed by atoms with Gasteiger partial charge in [-0.05, 0) is 31.4 Å². The van der Waals surface area contributed by atoms with E-state index in [0.717, 1.165) is 12.8 Å². The number of halogens is 1. The average molecular weight is 252 g/mol. The molecule has 0 aliphatic carbocycles. The van der Waals surface area contributed by atoms with Crippen LogP contribution in [-0.2, 0) is 4.79 Å². The maximum Gasteiger partial charge on any atom is 0.242 e. The van der Waals surface area contributed by atoms with Crippen molar-refractivity contribution in [1.29, 1.82) is 0 Å². The molecule has 2 rings (SSSR count). The molecule has 0 saturated carbocycles. The molecule has 4 nitrogen and oxygen atoms in total. The predicted octanol–water partition coefficient (Wildman–Crippen LogP) is 1.91. The van der Waals surface area contributed by atoms with E-state index >= 15 is 0 Å². The normalized spacial score (nSPS) is 19.9. The van der Waals surface area contributed by atoms with Gasteiger partial charge in [0, 0.05) is 12.6 Å². The van der Waals surface area contributed by atoms with Crippen LogP contribution in [-0.4, -0.2) is 25.6 Å². The van der Waals surface area contributed by atoms with Crippen LogP contribution < -0.4 is 15.4 Å². The first kappa shape index (κ1) is 12.7. The second kappa shape index (κ2) is 5.71. The van der Waals surface area contributed by atoms with E-state index in [4.69, 9.17) is 4.74 Å². The Balaban J connectivity index is 2.14. The van der Waals surface area contributed by atoms with Crippen molar-refractivity contribution in [2.75, 3.05) is 19.0 Å². The number of benzene rings is 1. The van der Waals surface area contributed by atoms with Crippen molar-refractivity contribution in [3.8, 4) is 5.75 Å². The molecular formula is C13H17FN2O2. The van der Waals surface area contributed by atoms with Gasteiger partial charge in [0.1, 0.15) is 17.6 Å². The minimum absolute atomic E-state index is 0.0743. The summed E-state index contributed by atoms with van der Waals surface area (Å²) in [4.78, 5) is 11.8. The Morgan fingerprint density at radius 1 is 1.44 bits per heavy atom. The van der Waals surface area contributed by atoms with Crippen LogP contribution in [0.2, 0.25) is 0 Å². The lowest BCUT2D eigenvalue weighted by molar-refractivity contribution is -0.121. The van der Waals surface area contributed by atoms with Gasteiger partial charge in [-0.2, -0.15) is 0 Å². The van der Waals surface area contributed by atoms with Crippen LogP contribution in [0.3, 0.4) is 0 Å². The number of carbonyl (C=O) groups is 1. The number of hydrogen-bond acceptors (Lipinski definition) is 3. The summed E-state index contributed by atoms with van der Waals surface area (Å²) in [7, 11) is 1.52. The molecule has 1 aliphatic rings. The van der Waals surface area contributed by atoms with Gasteiger partial charge in [0.15, 0.2) is 0 Å². The summed E-state index contributed by atoms with van der Waals surface area (Å²) in [6.45, 7) is 0.692. The van der Waals surface area contributed by atoms with E-state index in [1.54, 1.807) is 12.1 Å². The first-order valence-corrected chi connectivity index (χ1v) is 6.08. The highest BCUT2D eigenvalue weighted by Gasteiger charge is 2.21. The number of methoxy groups -OCH3 is 1. The van der Waals surface area contributed by atoms with E-state index in [0.29, 0.717) is 24.4 Å². The molecule has 1 fully saturated rings. The highest BCUT2D eigenvalue weighted by molar-refractivity contribution is 5.84. The molecule has 1 atom stereocenters. The second-order valence-corrected chi connectivity index (χ2v) is 4.33. The average Bonchev–Trinajstić information content (AvgIpc) is 2.58. The Hall–Kier alpha value is -1.78. The van der Waals surface area contributed by atoms with Gasteiger partial charge in [0.2, 0.25) is 5.91 Å². The van der Waals surface area contributed by atoms with Crippen molar-refractivity contribution >= 4 is 11.6 Å². The lowest BCUT2D eigenvalue weighted by atomic mass is 10.1. The summed E-state index contributed by atoms with van der Waals surface area (Å²) in [6, 6.07) is 4.06. The summed E-state index contributed by atoms with van der Waals surface area (Å²) in [5.74, 6) is 0.107. The zero-order valence-corrected chi connectivity index (χ0v) is 10.3. The zero-order valence-electron chi connectivity index (χ0n) is 10.3. The van der Waals surface area contributed by atoms with Gasteiger partial charge < -0.3 is 15.4 Å². The lowest BCUT2D eigenvalue weighted by Crippen LogP contribution is -2.38. The van der Waals surface area contributed by atoms with Crippen LogP contribution in [0.4, 0.5) is 10.1 Å². The fourth-order valence-electron chi connectivity index (χ4n) is 2.01. The number of carbonyl (C=O) groups excluding carboxylic acids is 1. The molecule has 1 aliphatic heterocycles. The van der Waals surface area contributed by atoms with Crippen LogP contribution in [0.5, 0.6) is 5.75 Å². The minimum atomic E-state index is -0.382. The van der Waals surface area contributed by atoms with Gasteiger partial charge in [0.25, 0.3) is 0 Å². The molecule has 0 aromatic heterocycles. The smallest absolute Gasteiger partial charge is 0.242 e. The Kier molecular flexibility index (Phi) is 4.02. The molecule has 5 heteroatoms. The predicted molar refractivity (Wildman–Crippen MR) is 67.2 cm³/mol. The van der Waals surface area contributed by atoms with Gasteiger partial charge in [-0.3, -0.25) is 4.79 Å². The largest absolute Gasteiger partial charge is 0.497 e. The van der Waals surface area contributed by atoms with E-state index in [1.165, 1.54) is 13.2 Å². The number of rotatable bonds is 3. The second-order valence-electron chi connectivity index (χ2n) is 4.33. The quantitative estimate of drug-likeness (QED) is 0.864. The summed E-state index contributed by atoms with van der Waals surface area (Å²) in [6.07, 6.45) is 2.62. The fourth-order valence-corrected chi connectivity index (χ4v) is 2.01. The fraction of sp³-hybridized carbons (Fsp3) is 0.462. The number of ether oxygens (including phenoxy) is 1. The molecule has 1 aromatic carbocycles. The summed E-state index contributed by atoms with van der Waals surface area (Å²) >= 11 is 0. The van der Waals surface area contributed by atoms with E-state index in [1.807, 2.05) is 0 Å². The molecule has 0 radical (unpaired) electrons. The third kappa shape index (κ3) is 2.91. The molecule has 0 bridgehead atoms. The standard InChI is InChI=1S/C13H17FN2O2/c1-18-9-5-6-10(14)12(8-9)16-11-4-2-3-7-15-13(11)17/h5-6,8,11,16H,2-4,7H2,1H3,(H,15,17). The minimum Gasteiger partial charge on any atom is -0.497 e. The van der Waals surface area contributed by atoms with Gasteiger partial charge in [0.05, 0.1) is 12.8 Å². The summed E-state index contributed by atoms with van der Waals surface area (Å²) in [5, 5.41) is 5.75. The molecule has 18 heavy (non-hydrogen) atoms. The van der Waals surface area contributed by atoms with E-state index < -0.39 is 0 Å². The van der Waals surface area contributed by atoms with Crippen molar-refractivity contribution in [1.82, 2.24) is 5.32 Å². The topological polar surface area (TPSA) is 50.4 Å². The number of anilines is 1. The van der Waals surface area contributed by atoms with E-state index in [9.17, 15) is 9.18 Å². The van der Waals surface area contributed by atoms with E-state index in [2.05, 4.69) is 10.6 Å². The molecule has 0 spiro atoms. The molecule has 1 unspecified atom stereocenters. The number of hydrogen-bond donors (Lipinski definition) is 2. The number of nitrogens with one attached hydrogen (secondary N) is 2. The van der Waals surface area contributed by atoms with Crippen LogP contribution in [0.1, 0.15) is 19.3 Å². The highest BCUT2D eigenvalue weighted by Crippen LogP contribution is 2.23. The highest BCUT2D eigenvalue weighted by atomic mass is 19.1. The zero-order chi connectivity index (χ0) is 13.0. The van der Waals surface area contributed by atoms with Gasteiger partial charge in [-0.1, -0.05) is 0 Å². The molecular weight excluding hydrogens is 235 g/mol. The van der Waals surface area contributed by atoms with Crippen molar-refractivity contribution < 1.29 is 13.9 Å². The van der Waals surface area contributed by atoms with Crippen molar-refractivity contribution in [2.24, 2.45) is 0 Å². The Morgan fingerprint density at radius 2 is 2.28 bits per heavy atom. The van der Waals surface area contributed by atoms with Crippen LogP contribution in [0, 0.1) is 5.82 Å². The van der Waals surface area contributed by atoms with Crippen molar-refractivity contribution in [2.45, 2.75) is 25.3 Å². The SMILES string of the molecule is COc1ccc(F)c(NC2CCCCNC2=O)c1. The van der Waals surface area contributed by atoms with Crippen molar-refractivity contribution in [3.05, 3.63) is 24.0 Å². The third-order valence-corrected chi connectivity index (χ3v) is 3.04. The molecule has 2 N–H and O–H groups in total. The van der Waals surface area contributed by atoms with Crippen LogP contribution >= 0.6 is 0 Å². The Bertz CT molecular complexity index is 437. The van der Waals surface area contributed by atoms with Crippen LogP contribution in [0.25, 0.3) is 0 Å². The lowest BCUT2D eigenvalue weighted by Gasteiger charge is -2.17. The molecule has 1 aromatic rings. The molecule has 1 heterocycles. The third-order valence-electron chi connectivity index (χ3n) is 3.04. The molecule has 1 saturated heterocycles. The number of amides is 1. The van der Waals surface area contributed by atoms with Gasteiger partial charge in [-0.15, -0.1) is 0 Å². The van der Waals surface area contributed by atoms with Crippen LogP contribution in [0.15, 0.2) is 18.2 Å². The first-order valence-electron chi connectivity index (χ1n) is 6.08. The van der Waals surface area contributed by atoms with Gasteiger partial charge in [-0.25, -0.2) is 4.39 Å². The Morgan fingerprint density at radius 3 is 3.06 bits per heavy atom. The monoisotopic (exact) mass is 252 g/mol. The summed E-state index contributed by atoms with van der Waals surface area (Å²) in [5.41, 5.74) is 0.302. The molecule has 1 amide bonds. The maximum absolute atomic E-state index is 13.6. The van der Waals surface area contributed by atoms with Crippen molar-refractivity contribution in [3.63, 3.8) is 0 Å². The van der Waals surface area contributed by atoms with E-state index in [-0.39, 0.29) is 17.8 Å². The molecule has 98 valence electrons.